The summed E-state index contributed by atoms with van der Waals surface area (Å²) < 4.78 is 3.30. The molecule has 2 bridgehead atoms. The molecule has 1 fully saturated rings. The maximum atomic E-state index is 12.9. The van der Waals surface area contributed by atoms with E-state index < -0.39 is 0 Å². The molecule has 0 radical (unpaired) electrons. The van der Waals surface area contributed by atoms with Crippen LogP contribution in [0.5, 0.6) is 0 Å². The number of carbonyl (C=O) groups is 1. The highest BCUT2D eigenvalue weighted by atomic mass is 16.1. The van der Waals surface area contributed by atoms with Crippen LogP contribution in [0.2, 0.25) is 0 Å². The van der Waals surface area contributed by atoms with E-state index in [0.29, 0.717) is 37.4 Å². The molecule has 0 saturated carbocycles. The molecule has 1 saturated heterocycles. The molecule has 2 atom stereocenters. The molecule has 7 nitrogen and oxygen atoms in total. The number of nitrogens with zero attached hydrogens (tertiary/aromatic N) is 4. The standard InChI is InChI=1S/C21H20N4O3/c1-13-4-3-7-24-19(13)22-20(16(12-26)21(24)28)23-9-14-8-15(11-23)17-5-2-6-18(27)25(17)10-14/h2-7,12,14-15H,8-11H2,1H3/t14-,15-/m0/s1. The topological polar surface area (TPSA) is 76.7 Å². The molecular weight excluding hydrogens is 356 g/mol. The number of anilines is 1. The summed E-state index contributed by atoms with van der Waals surface area (Å²) in [5.74, 6) is 0.914. The van der Waals surface area contributed by atoms with E-state index in [-0.39, 0.29) is 28.5 Å². The first-order chi connectivity index (χ1) is 13.6. The minimum absolute atomic E-state index is 0.0342. The third kappa shape index (κ3) is 2.42. The van der Waals surface area contributed by atoms with Crippen LogP contribution < -0.4 is 16.0 Å². The van der Waals surface area contributed by atoms with E-state index in [1.165, 1.54) is 4.40 Å². The molecule has 2 aliphatic rings. The second-order valence-electron chi connectivity index (χ2n) is 7.76. The molecule has 0 amide bonds. The molecule has 3 aromatic heterocycles. The number of rotatable bonds is 2. The maximum absolute atomic E-state index is 12.9. The third-order valence-corrected chi connectivity index (χ3v) is 5.96. The van der Waals surface area contributed by atoms with Crippen molar-refractivity contribution >= 4 is 17.8 Å². The zero-order valence-corrected chi connectivity index (χ0v) is 15.5. The van der Waals surface area contributed by atoms with Gasteiger partial charge in [-0.3, -0.25) is 18.8 Å². The zero-order valence-electron chi connectivity index (χ0n) is 15.5. The van der Waals surface area contributed by atoms with Crippen molar-refractivity contribution in [1.82, 2.24) is 14.0 Å². The quantitative estimate of drug-likeness (QED) is 0.635. The summed E-state index contributed by atoms with van der Waals surface area (Å²) in [6.07, 6.45) is 3.26. The first-order valence-corrected chi connectivity index (χ1v) is 9.48. The first-order valence-electron chi connectivity index (χ1n) is 9.48. The van der Waals surface area contributed by atoms with Crippen molar-refractivity contribution in [3.8, 4) is 0 Å². The lowest BCUT2D eigenvalue weighted by molar-refractivity contribution is 0.112. The van der Waals surface area contributed by atoms with Gasteiger partial charge in [-0.1, -0.05) is 12.1 Å². The number of aryl methyl sites for hydroxylation is 1. The Hall–Kier alpha value is -3.22. The molecule has 3 aromatic rings. The van der Waals surface area contributed by atoms with Gasteiger partial charge in [0.25, 0.3) is 11.1 Å². The predicted molar refractivity (Wildman–Crippen MR) is 105 cm³/mol. The summed E-state index contributed by atoms with van der Waals surface area (Å²) in [7, 11) is 0. The van der Waals surface area contributed by atoms with Crippen LogP contribution >= 0.6 is 0 Å². The fourth-order valence-corrected chi connectivity index (χ4v) is 4.71. The molecule has 0 N–H and O–H groups in total. The second-order valence-corrected chi connectivity index (χ2v) is 7.76. The van der Waals surface area contributed by atoms with E-state index in [2.05, 4.69) is 4.90 Å². The third-order valence-electron chi connectivity index (χ3n) is 5.96. The smallest absolute Gasteiger partial charge is 0.270 e. The van der Waals surface area contributed by atoms with Gasteiger partial charge in [-0.25, -0.2) is 4.98 Å². The molecule has 142 valence electrons. The minimum atomic E-state index is -0.342. The van der Waals surface area contributed by atoms with Gasteiger partial charge in [0.2, 0.25) is 0 Å². The van der Waals surface area contributed by atoms with Crippen molar-refractivity contribution in [2.45, 2.75) is 25.8 Å². The van der Waals surface area contributed by atoms with Crippen molar-refractivity contribution in [3.63, 3.8) is 0 Å². The fourth-order valence-electron chi connectivity index (χ4n) is 4.71. The number of aromatic nitrogens is 3. The molecule has 7 heteroatoms. The van der Waals surface area contributed by atoms with Gasteiger partial charge in [0.1, 0.15) is 17.0 Å². The van der Waals surface area contributed by atoms with Gasteiger partial charge in [-0.05, 0) is 37.0 Å². The van der Waals surface area contributed by atoms with Crippen LogP contribution in [0.25, 0.3) is 5.65 Å². The Morgan fingerprint density at radius 3 is 2.79 bits per heavy atom. The van der Waals surface area contributed by atoms with Gasteiger partial charge in [0.15, 0.2) is 6.29 Å². The van der Waals surface area contributed by atoms with Crippen LogP contribution in [0.3, 0.4) is 0 Å². The van der Waals surface area contributed by atoms with E-state index in [0.717, 1.165) is 17.7 Å². The average molecular weight is 376 g/mol. The van der Waals surface area contributed by atoms with Crippen LogP contribution in [0.1, 0.15) is 34.0 Å². The summed E-state index contributed by atoms with van der Waals surface area (Å²) in [4.78, 5) is 43.7. The molecular formula is C21H20N4O3. The van der Waals surface area contributed by atoms with Gasteiger partial charge in [0, 0.05) is 43.5 Å². The Balaban J connectivity index is 1.64. The summed E-state index contributed by atoms with van der Waals surface area (Å²) in [6.45, 7) is 3.87. The predicted octanol–water partition coefficient (Wildman–Crippen LogP) is 1.60. The number of aldehydes is 1. The Morgan fingerprint density at radius 2 is 1.96 bits per heavy atom. The number of hydrogen-bond donors (Lipinski definition) is 0. The Labute approximate surface area is 160 Å². The van der Waals surface area contributed by atoms with Crippen LogP contribution in [0.4, 0.5) is 5.82 Å². The van der Waals surface area contributed by atoms with Gasteiger partial charge >= 0.3 is 0 Å². The van der Waals surface area contributed by atoms with E-state index in [1.54, 1.807) is 24.4 Å². The average Bonchev–Trinajstić information content (AvgIpc) is 2.69. The zero-order chi connectivity index (χ0) is 19.4. The van der Waals surface area contributed by atoms with Crippen LogP contribution in [-0.2, 0) is 6.54 Å². The lowest BCUT2D eigenvalue weighted by Crippen LogP contribution is -2.48. The maximum Gasteiger partial charge on any atom is 0.270 e. The highest BCUT2D eigenvalue weighted by Crippen LogP contribution is 2.36. The summed E-state index contributed by atoms with van der Waals surface area (Å²) in [6, 6.07) is 9.08. The molecule has 5 rings (SSSR count). The highest BCUT2D eigenvalue weighted by Gasteiger charge is 2.36. The van der Waals surface area contributed by atoms with Crippen LogP contribution in [-0.4, -0.2) is 33.3 Å². The van der Waals surface area contributed by atoms with E-state index >= 15 is 0 Å². The molecule has 0 aliphatic carbocycles. The number of hydrogen-bond acceptors (Lipinski definition) is 5. The molecule has 28 heavy (non-hydrogen) atoms. The first kappa shape index (κ1) is 16.9. The van der Waals surface area contributed by atoms with Crippen molar-refractivity contribution in [3.05, 3.63) is 74.1 Å². The number of fused-ring (bicyclic) bond motifs is 5. The van der Waals surface area contributed by atoms with Crippen molar-refractivity contribution in [1.29, 1.82) is 0 Å². The van der Waals surface area contributed by atoms with E-state index in [9.17, 15) is 14.4 Å². The van der Waals surface area contributed by atoms with Crippen LogP contribution in [0.15, 0.2) is 46.1 Å². The summed E-state index contributed by atoms with van der Waals surface area (Å²) in [5, 5.41) is 0. The monoisotopic (exact) mass is 376 g/mol. The Morgan fingerprint density at radius 1 is 1.11 bits per heavy atom. The van der Waals surface area contributed by atoms with Gasteiger partial charge < -0.3 is 9.47 Å². The lowest BCUT2D eigenvalue weighted by Gasteiger charge is -2.43. The molecule has 2 aliphatic heterocycles. The number of piperidine rings is 1. The molecule has 5 heterocycles. The van der Waals surface area contributed by atoms with Crippen molar-refractivity contribution in [2.24, 2.45) is 5.92 Å². The van der Waals surface area contributed by atoms with Crippen molar-refractivity contribution < 1.29 is 4.79 Å². The van der Waals surface area contributed by atoms with Gasteiger partial charge in [-0.15, -0.1) is 0 Å². The Bertz CT molecular complexity index is 1230. The van der Waals surface area contributed by atoms with Crippen LogP contribution in [0, 0.1) is 12.8 Å². The Kier molecular flexibility index (Phi) is 3.72. The van der Waals surface area contributed by atoms with E-state index in [1.807, 2.05) is 23.6 Å². The highest BCUT2D eigenvalue weighted by molar-refractivity contribution is 5.83. The van der Waals surface area contributed by atoms with E-state index in [4.69, 9.17) is 4.98 Å². The number of carbonyl (C=O) groups excluding carboxylic acids is 1. The number of pyridine rings is 2. The van der Waals surface area contributed by atoms with Gasteiger partial charge in [0.05, 0.1) is 0 Å². The molecule has 0 unspecified atom stereocenters. The normalized spacial score (nSPS) is 20.8. The van der Waals surface area contributed by atoms with Crippen molar-refractivity contribution in [2.75, 3.05) is 18.0 Å². The largest absolute Gasteiger partial charge is 0.355 e. The lowest BCUT2D eigenvalue weighted by atomic mass is 9.83. The molecule has 0 spiro atoms. The fraction of sp³-hybridized carbons (Fsp3) is 0.333. The second kappa shape index (κ2) is 6.15. The minimum Gasteiger partial charge on any atom is -0.355 e. The summed E-state index contributed by atoms with van der Waals surface area (Å²) in [5.41, 5.74) is 2.26. The summed E-state index contributed by atoms with van der Waals surface area (Å²) >= 11 is 0. The molecule has 0 aromatic carbocycles. The SMILES string of the molecule is Cc1cccn2c(=O)c(C=O)c(N3C[C@@H]4C[C@@H](C3)c3cccc(=O)n3C4)nc12. The van der Waals surface area contributed by atoms with Gasteiger partial charge in [-0.2, -0.15) is 0 Å².